The third-order valence-electron chi connectivity index (χ3n) is 1.58. The second-order valence-corrected chi connectivity index (χ2v) is 3.90. The van der Waals surface area contributed by atoms with Crippen LogP contribution in [0.5, 0.6) is 0 Å². The molecule has 0 spiro atoms. The Morgan fingerprint density at radius 3 is 2.40 bits per heavy atom. The lowest BCUT2D eigenvalue weighted by Crippen LogP contribution is -2.09. The maximum Gasteiger partial charge on any atom is 1.00 e. The number of halogens is 1. The second kappa shape index (κ2) is 7.55. The molecule has 0 aliphatic carbocycles. The average molecular weight is 209 g/mol. The van der Waals surface area contributed by atoms with Crippen molar-refractivity contribution >= 4 is 15.9 Å². The van der Waals surface area contributed by atoms with Crippen LogP contribution in [0.2, 0.25) is 0 Å². The van der Waals surface area contributed by atoms with E-state index >= 15 is 0 Å². The quantitative estimate of drug-likeness (QED) is 0.406. The van der Waals surface area contributed by atoms with Crippen molar-refractivity contribution in [2.24, 2.45) is 5.73 Å². The molecule has 0 saturated heterocycles. The number of rotatable bonds is 6. The van der Waals surface area contributed by atoms with E-state index in [2.05, 4.69) is 22.9 Å². The summed E-state index contributed by atoms with van der Waals surface area (Å²) in [4.78, 5) is 0.217. The summed E-state index contributed by atoms with van der Waals surface area (Å²) in [5.41, 5.74) is 5.52. The lowest BCUT2D eigenvalue weighted by molar-refractivity contribution is 0.604. The summed E-state index contributed by atoms with van der Waals surface area (Å²) in [6.07, 6.45) is 7.79. The zero-order valence-electron chi connectivity index (χ0n) is 7.78. The number of unbranched alkanes of at least 4 members (excludes halogenated alkanes) is 4. The van der Waals surface area contributed by atoms with E-state index < -0.39 is 0 Å². The van der Waals surface area contributed by atoms with Crippen LogP contribution in [0.25, 0.3) is 0 Å². The van der Waals surface area contributed by atoms with Crippen LogP contribution >= 0.6 is 15.9 Å². The summed E-state index contributed by atoms with van der Waals surface area (Å²) in [5, 5.41) is 0. The molecule has 0 amide bonds. The molecule has 2 N–H and O–H groups in total. The molecule has 0 aliphatic rings. The van der Waals surface area contributed by atoms with E-state index in [1.165, 1.54) is 32.1 Å². The van der Waals surface area contributed by atoms with Gasteiger partial charge in [0.15, 0.2) is 0 Å². The van der Waals surface area contributed by atoms with Crippen molar-refractivity contribution in [1.82, 2.24) is 0 Å². The van der Waals surface area contributed by atoms with Crippen molar-refractivity contribution in [2.45, 2.75) is 50.4 Å². The molecule has 0 aromatic heterocycles. The minimum Gasteiger partial charge on any atom is -0.319 e. The lowest BCUT2D eigenvalue weighted by atomic mass is 10.1. The Morgan fingerprint density at radius 1 is 1.30 bits per heavy atom. The molecule has 0 rings (SSSR count). The van der Waals surface area contributed by atoms with E-state index in [0.717, 1.165) is 6.42 Å². The summed E-state index contributed by atoms with van der Waals surface area (Å²) < 4.78 is 0. The predicted octanol–water partition coefficient (Wildman–Crippen LogP) is 3.14. The zero-order chi connectivity index (χ0) is 7.82. The SMILES string of the molecule is CCCCCCCC(N)Br.[H+]. The van der Waals surface area contributed by atoms with E-state index in [1.54, 1.807) is 0 Å². The molecule has 0 bridgehead atoms. The first-order chi connectivity index (χ1) is 4.77. The Kier molecular flexibility index (Phi) is 7.88. The van der Waals surface area contributed by atoms with Gasteiger partial charge in [0.05, 0.1) is 4.95 Å². The number of hydrogen-bond acceptors (Lipinski definition) is 1. The van der Waals surface area contributed by atoms with E-state index in [4.69, 9.17) is 5.73 Å². The Morgan fingerprint density at radius 2 is 1.90 bits per heavy atom. The van der Waals surface area contributed by atoms with Gasteiger partial charge in [-0.05, 0) is 6.42 Å². The normalized spacial score (nSPS) is 13.5. The minimum atomic E-state index is 0. The first-order valence-corrected chi connectivity index (χ1v) is 5.08. The Hall–Kier alpha value is 0.440. The van der Waals surface area contributed by atoms with Crippen LogP contribution in [0.4, 0.5) is 0 Å². The van der Waals surface area contributed by atoms with E-state index in [0.29, 0.717) is 0 Å². The van der Waals surface area contributed by atoms with Gasteiger partial charge in [0.25, 0.3) is 0 Å². The fourth-order valence-electron chi connectivity index (χ4n) is 0.943. The average Bonchev–Trinajstić information content (AvgIpc) is 1.87. The Balaban J connectivity index is 0. The first-order valence-electron chi connectivity index (χ1n) is 4.17. The number of alkyl halides is 1. The van der Waals surface area contributed by atoms with Crippen LogP contribution in [0.3, 0.4) is 0 Å². The van der Waals surface area contributed by atoms with Gasteiger partial charge in [-0.15, -0.1) is 0 Å². The van der Waals surface area contributed by atoms with Crippen LogP contribution in [0.15, 0.2) is 0 Å². The van der Waals surface area contributed by atoms with Crippen molar-refractivity contribution in [1.29, 1.82) is 0 Å². The maximum absolute atomic E-state index is 5.52. The van der Waals surface area contributed by atoms with Crippen LogP contribution in [0.1, 0.15) is 46.9 Å². The van der Waals surface area contributed by atoms with Gasteiger partial charge in [-0.2, -0.15) is 0 Å². The van der Waals surface area contributed by atoms with E-state index in [9.17, 15) is 0 Å². The third kappa shape index (κ3) is 8.44. The smallest absolute Gasteiger partial charge is 0.319 e. The summed E-state index contributed by atoms with van der Waals surface area (Å²) in [5.74, 6) is 0. The predicted molar refractivity (Wildman–Crippen MR) is 51.4 cm³/mol. The van der Waals surface area contributed by atoms with Crippen LogP contribution in [-0.4, -0.2) is 4.95 Å². The van der Waals surface area contributed by atoms with Gasteiger partial charge in [0.1, 0.15) is 0 Å². The van der Waals surface area contributed by atoms with Gasteiger partial charge in [-0.3, -0.25) is 0 Å². The molecule has 0 aromatic rings. The Bertz CT molecular complexity index is 69.1. The molecule has 1 atom stereocenters. The summed E-state index contributed by atoms with van der Waals surface area (Å²) in [7, 11) is 0. The summed E-state index contributed by atoms with van der Waals surface area (Å²) in [6, 6.07) is 0. The third-order valence-corrected chi connectivity index (χ3v) is 2.04. The highest BCUT2D eigenvalue weighted by Crippen LogP contribution is 2.08. The molecule has 0 fully saturated rings. The summed E-state index contributed by atoms with van der Waals surface area (Å²) >= 11 is 3.32. The molecule has 0 heterocycles. The van der Waals surface area contributed by atoms with Crippen molar-refractivity contribution in [2.75, 3.05) is 0 Å². The molecular formula is C8H19BrN+. The maximum atomic E-state index is 5.52. The van der Waals surface area contributed by atoms with Gasteiger partial charge < -0.3 is 5.73 Å². The van der Waals surface area contributed by atoms with Gasteiger partial charge in [-0.1, -0.05) is 55.0 Å². The molecule has 0 radical (unpaired) electrons. The highest BCUT2D eigenvalue weighted by atomic mass is 79.9. The number of nitrogens with two attached hydrogens (primary N) is 1. The van der Waals surface area contributed by atoms with Crippen molar-refractivity contribution < 1.29 is 1.43 Å². The zero-order valence-corrected chi connectivity index (χ0v) is 8.36. The van der Waals surface area contributed by atoms with Crippen molar-refractivity contribution in [3.63, 3.8) is 0 Å². The topological polar surface area (TPSA) is 26.0 Å². The summed E-state index contributed by atoms with van der Waals surface area (Å²) in [6.45, 7) is 2.23. The molecule has 0 aliphatic heterocycles. The van der Waals surface area contributed by atoms with E-state index in [-0.39, 0.29) is 6.38 Å². The highest BCUT2D eigenvalue weighted by molar-refractivity contribution is 9.09. The molecule has 62 valence electrons. The molecular weight excluding hydrogens is 190 g/mol. The van der Waals surface area contributed by atoms with Crippen LogP contribution < -0.4 is 5.73 Å². The standard InChI is InChI=1S/C8H18BrN/c1-2-3-4-5-6-7-8(9)10/h8H,2-7,10H2,1H3/p+1. The minimum absolute atomic E-state index is 0. The molecule has 1 nitrogen and oxygen atoms in total. The molecule has 0 saturated carbocycles. The molecule has 2 heteroatoms. The lowest BCUT2D eigenvalue weighted by Gasteiger charge is -2.01. The Labute approximate surface area is 74.0 Å². The molecule has 1 unspecified atom stereocenters. The van der Waals surface area contributed by atoms with Gasteiger partial charge in [-0.25, -0.2) is 0 Å². The van der Waals surface area contributed by atoms with Gasteiger partial charge >= 0.3 is 1.43 Å². The van der Waals surface area contributed by atoms with Crippen LogP contribution in [-0.2, 0) is 0 Å². The highest BCUT2D eigenvalue weighted by Gasteiger charge is 1.94. The molecule has 0 aromatic carbocycles. The monoisotopic (exact) mass is 208 g/mol. The fraction of sp³-hybridized carbons (Fsp3) is 1.00. The van der Waals surface area contributed by atoms with Crippen molar-refractivity contribution in [3.8, 4) is 0 Å². The first kappa shape index (κ1) is 10.4. The van der Waals surface area contributed by atoms with Crippen molar-refractivity contribution in [3.05, 3.63) is 0 Å². The second-order valence-electron chi connectivity index (χ2n) is 2.72. The largest absolute Gasteiger partial charge is 1.00 e. The van der Waals surface area contributed by atoms with Crippen LogP contribution in [0, 0.1) is 0 Å². The fourth-order valence-corrected chi connectivity index (χ4v) is 1.27. The molecule has 10 heavy (non-hydrogen) atoms. The van der Waals surface area contributed by atoms with Gasteiger partial charge in [0, 0.05) is 0 Å². The number of hydrogen-bond donors (Lipinski definition) is 1. The van der Waals surface area contributed by atoms with Gasteiger partial charge in [0.2, 0.25) is 0 Å². The van der Waals surface area contributed by atoms with E-state index in [1.807, 2.05) is 0 Å².